The number of benzene rings is 2. The number of hydrogen-bond donors (Lipinski definition) is 0. The van der Waals surface area contributed by atoms with Crippen molar-refractivity contribution in [1.29, 1.82) is 0 Å². The normalized spacial score (nSPS) is 15.0. The number of rotatable bonds is 10. The van der Waals surface area contributed by atoms with E-state index in [4.69, 9.17) is 30.5 Å². The maximum atomic E-state index is 14.3. The Balaban J connectivity index is 1.88. The molecule has 3 aromatic rings. The first kappa shape index (κ1) is 31.8. The summed E-state index contributed by atoms with van der Waals surface area (Å²) in [5.41, 5.74) is -2.26. The van der Waals surface area contributed by atoms with E-state index in [1.165, 1.54) is 43.3 Å². The van der Waals surface area contributed by atoms with Crippen LogP contribution in [0.5, 0.6) is 11.5 Å². The summed E-state index contributed by atoms with van der Waals surface area (Å²) in [5, 5.41) is 0.314. The molecule has 0 saturated heterocycles. The van der Waals surface area contributed by atoms with Gasteiger partial charge in [-0.15, -0.1) is 0 Å². The number of alkyl halides is 3. The first-order chi connectivity index (χ1) is 20.5. The van der Waals surface area contributed by atoms with Gasteiger partial charge in [-0.1, -0.05) is 41.1 Å². The highest BCUT2D eigenvalue weighted by Crippen LogP contribution is 2.38. The van der Waals surface area contributed by atoms with Crippen LogP contribution < -0.4 is 24.4 Å². The highest BCUT2D eigenvalue weighted by Gasteiger charge is 2.45. The zero-order valence-corrected chi connectivity index (χ0v) is 24.8. The molecule has 2 aromatic carbocycles. The molecule has 1 aliphatic heterocycles. The number of esters is 2. The number of aromatic nitrogens is 1. The third-order valence-corrected chi connectivity index (χ3v) is 7.23. The molecule has 0 radical (unpaired) electrons. The zero-order chi connectivity index (χ0) is 31.3. The smallest absolute Gasteiger partial charge is 0.434 e. The lowest BCUT2D eigenvalue weighted by Gasteiger charge is -2.26. The van der Waals surface area contributed by atoms with Crippen LogP contribution in [0.15, 0.2) is 63.5 Å². The maximum Gasteiger partial charge on any atom is 0.434 e. The Kier molecular flexibility index (Phi) is 9.97. The molecule has 43 heavy (non-hydrogen) atoms. The Hall–Kier alpha value is -4.10. The summed E-state index contributed by atoms with van der Waals surface area (Å²) < 4.78 is 64.9. The van der Waals surface area contributed by atoms with Crippen LogP contribution in [0.3, 0.4) is 0 Å². The fourth-order valence-electron chi connectivity index (χ4n) is 4.29. The highest BCUT2D eigenvalue weighted by atomic mass is 35.5. The van der Waals surface area contributed by atoms with E-state index in [2.05, 4.69) is 4.99 Å². The van der Waals surface area contributed by atoms with Crippen molar-refractivity contribution in [2.24, 2.45) is 4.99 Å². The van der Waals surface area contributed by atoms with Crippen molar-refractivity contribution in [3.8, 4) is 11.5 Å². The van der Waals surface area contributed by atoms with Crippen molar-refractivity contribution >= 4 is 41.0 Å². The topological polar surface area (TPSA) is 105 Å². The molecule has 0 saturated carbocycles. The quantitative estimate of drug-likeness (QED) is 0.304. The molecule has 0 N–H and O–H groups in total. The Morgan fingerprint density at radius 3 is 2.33 bits per heavy atom. The van der Waals surface area contributed by atoms with Crippen LogP contribution in [0, 0.1) is 0 Å². The summed E-state index contributed by atoms with van der Waals surface area (Å²) in [4.78, 5) is 41.9. The van der Waals surface area contributed by atoms with E-state index in [-0.39, 0.29) is 52.8 Å². The molecule has 0 aliphatic carbocycles. The van der Waals surface area contributed by atoms with Gasteiger partial charge in [-0.25, -0.2) is 14.6 Å². The predicted molar refractivity (Wildman–Crippen MR) is 152 cm³/mol. The number of allylic oxidation sites excluding steroid dienone is 1. The number of thiazole rings is 1. The second-order valence-electron chi connectivity index (χ2n) is 8.85. The van der Waals surface area contributed by atoms with Crippen molar-refractivity contribution in [2.75, 3.05) is 26.4 Å². The van der Waals surface area contributed by atoms with Crippen LogP contribution >= 0.6 is 22.9 Å². The molecule has 9 nitrogen and oxygen atoms in total. The Morgan fingerprint density at radius 2 is 1.70 bits per heavy atom. The number of halogens is 4. The van der Waals surface area contributed by atoms with E-state index in [1.54, 1.807) is 26.0 Å². The van der Waals surface area contributed by atoms with E-state index in [9.17, 15) is 27.6 Å². The van der Waals surface area contributed by atoms with Gasteiger partial charge in [0.2, 0.25) is 0 Å². The summed E-state index contributed by atoms with van der Waals surface area (Å²) in [5.74, 6) is -1.28. The van der Waals surface area contributed by atoms with Gasteiger partial charge in [0, 0.05) is 5.02 Å². The standard InChI is InChI=1S/C29H26ClF3N2O7S/c1-4-39-20-13-16(7-12-19(20)42-15-22(36)40-5-2)14-21-26(37)35-24(17-8-10-18(30)11-9-17)23(27(38)41-6-3)25(29(31,32)33)34-28(35)43-21/h7-14,24H,4-6,15H2,1-3H3/b21-14-/t24-/m1/s1. The molecule has 1 atom stereocenters. The van der Waals surface area contributed by atoms with Gasteiger partial charge in [-0.3, -0.25) is 9.36 Å². The van der Waals surface area contributed by atoms with Gasteiger partial charge in [-0.2, -0.15) is 13.2 Å². The summed E-state index contributed by atoms with van der Waals surface area (Å²) in [7, 11) is 0. The van der Waals surface area contributed by atoms with E-state index in [0.717, 1.165) is 15.9 Å². The molecule has 0 spiro atoms. The predicted octanol–water partition coefficient (Wildman–Crippen LogP) is 4.33. The SMILES string of the molecule is CCOC(=O)COc1ccc(/C=c2\sc3n(c2=O)[C@H](c2ccc(Cl)cc2)C(C(=O)OCC)=C(C(F)(F)F)N=3)cc1OCC. The minimum absolute atomic E-state index is 0.0481. The highest BCUT2D eigenvalue weighted by molar-refractivity contribution is 7.07. The third-order valence-electron chi connectivity index (χ3n) is 6.00. The fraction of sp³-hybridized carbons (Fsp3) is 0.310. The van der Waals surface area contributed by atoms with Gasteiger partial charge in [0.15, 0.2) is 28.6 Å². The van der Waals surface area contributed by atoms with Crippen LogP contribution in [0.4, 0.5) is 13.2 Å². The second-order valence-corrected chi connectivity index (χ2v) is 10.3. The molecule has 4 rings (SSSR count). The maximum absolute atomic E-state index is 14.3. The Bertz CT molecular complexity index is 1730. The Labute approximate surface area is 252 Å². The molecule has 0 unspecified atom stereocenters. The van der Waals surface area contributed by atoms with Crippen molar-refractivity contribution in [2.45, 2.75) is 33.0 Å². The average Bonchev–Trinajstić information content (AvgIpc) is 3.26. The van der Waals surface area contributed by atoms with Crippen molar-refractivity contribution in [1.82, 2.24) is 4.57 Å². The van der Waals surface area contributed by atoms with Gasteiger partial charge in [0.25, 0.3) is 5.56 Å². The number of fused-ring (bicyclic) bond motifs is 1. The molecular weight excluding hydrogens is 613 g/mol. The minimum atomic E-state index is -5.02. The van der Waals surface area contributed by atoms with Crippen LogP contribution in [0.2, 0.25) is 5.02 Å². The van der Waals surface area contributed by atoms with Gasteiger partial charge in [0.05, 0.1) is 36.0 Å². The van der Waals surface area contributed by atoms with E-state index < -0.39 is 41.0 Å². The van der Waals surface area contributed by atoms with Gasteiger partial charge >= 0.3 is 18.1 Å². The van der Waals surface area contributed by atoms with Gasteiger partial charge in [-0.05, 0) is 62.2 Å². The molecule has 0 bridgehead atoms. The fourth-order valence-corrected chi connectivity index (χ4v) is 5.42. The Morgan fingerprint density at radius 1 is 1.00 bits per heavy atom. The van der Waals surface area contributed by atoms with Crippen molar-refractivity contribution in [3.05, 3.63) is 89.6 Å². The molecule has 228 valence electrons. The lowest BCUT2D eigenvalue weighted by molar-refractivity contribution is -0.145. The molecule has 2 heterocycles. The molecule has 0 fully saturated rings. The lowest BCUT2D eigenvalue weighted by Crippen LogP contribution is -2.41. The van der Waals surface area contributed by atoms with Crippen molar-refractivity contribution < 1.29 is 41.7 Å². The summed E-state index contributed by atoms with van der Waals surface area (Å²) in [6.07, 6.45) is -3.56. The molecule has 1 aliphatic rings. The summed E-state index contributed by atoms with van der Waals surface area (Å²) >= 11 is 6.74. The molecular formula is C29H26ClF3N2O7S. The number of ether oxygens (including phenoxy) is 4. The summed E-state index contributed by atoms with van der Waals surface area (Å²) in [6.45, 7) is 4.80. The van der Waals surface area contributed by atoms with Crippen LogP contribution in [0.25, 0.3) is 6.08 Å². The number of nitrogens with zero attached hydrogens (tertiary/aromatic N) is 2. The van der Waals surface area contributed by atoms with Crippen LogP contribution in [0.1, 0.15) is 37.9 Å². The first-order valence-electron chi connectivity index (χ1n) is 13.1. The number of carbonyl (C=O) groups excluding carboxylic acids is 2. The van der Waals surface area contributed by atoms with Crippen LogP contribution in [-0.4, -0.2) is 49.1 Å². The second kappa shape index (κ2) is 13.5. The van der Waals surface area contributed by atoms with Gasteiger partial charge < -0.3 is 18.9 Å². The van der Waals surface area contributed by atoms with E-state index in [1.807, 2.05) is 0 Å². The zero-order valence-electron chi connectivity index (χ0n) is 23.2. The van der Waals surface area contributed by atoms with Crippen molar-refractivity contribution in [3.63, 3.8) is 0 Å². The first-order valence-corrected chi connectivity index (χ1v) is 14.3. The number of carbonyl (C=O) groups is 2. The van der Waals surface area contributed by atoms with Crippen LogP contribution in [-0.2, 0) is 19.1 Å². The lowest BCUT2D eigenvalue weighted by atomic mass is 9.95. The molecule has 0 amide bonds. The monoisotopic (exact) mass is 638 g/mol. The third kappa shape index (κ3) is 7.11. The van der Waals surface area contributed by atoms with Gasteiger partial charge in [0.1, 0.15) is 0 Å². The number of hydrogen-bond acceptors (Lipinski definition) is 9. The minimum Gasteiger partial charge on any atom is -0.490 e. The van der Waals surface area contributed by atoms with E-state index in [0.29, 0.717) is 10.6 Å². The largest absolute Gasteiger partial charge is 0.490 e. The average molecular weight is 639 g/mol. The van der Waals surface area contributed by atoms with E-state index >= 15 is 0 Å². The molecule has 14 heteroatoms. The molecule has 1 aromatic heterocycles. The summed E-state index contributed by atoms with van der Waals surface area (Å²) in [6, 6.07) is 8.97.